The summed E-state index contributed by atoms with van der Waals surface area (Å²) in [5.41, 5.74) is 3.27. The molecule has 0 aliphatic rings. The molecule has 0 atom stereocenters. The Balaban J connectivity index is 1.62. The Kier molecular flexibility index (Phi) is 5.40. The van der Waals surface area contributed by atoms with Crippen LogP contribution in [0.15, 0.2) is 65.4 Å². The molecule has 0 aliphatic heterocycles. The highest BCUT2D eigenvalue weighted by molar-refractivity contribution is 9.10. The topological polar surface area (TPSA) is 66.9 Å². The highest BCUT2D eigenvalue weighted by atomic mass is 79.9. The van der Waals surface area contributed by atoms with Crippen LogP contribution in [0.3, 0.4) is 0 Å². The number of aryl methyl sites for hydroxylation is 1. The average molecular weight is 397 g/mol. The van der Waals surface area contributed by atoms with Crippen LogP contribution in [0, 0.1) is 6.92 Å². The maximum atomic E-state index is 12.3. The molecule has 0 bridgehead atoms. The first-order valence-electron chi connectivity index (χ1n) is 7.79. The highest BCUT2D eigenvalue weighted by Gasteiger charge is 2.09. The van der Waals surface area contributed by atoms with Crippen molar-refractivity contribution in [2.24, 2.45) is 0 Å². The molecule has 126 valence electrons. The summed E-state index contributed by atoms with van der Waals surface area (Å²) in [6.07, 6.45) is 3.30. The molecule has 1 amide bonds. The van der Waals surface area contributed by atoms with E-state index in [2.05, 4.69) is 36.5 Å². The van der Waals surface area contributed by atoms with E-state index in [-0.39, 0.29) is 5.91 Å². The third-order valence-corrected chi connectivity index (χ3v) is 4.23. The normalized spacial score (nSPS) is 10.3. The van der Waals surface area contributed by atoms with Crippen molar-refractivity contribution in [3.63, 3.8) is 0 Å². The van der Waals surface area contributed by atoms with Gasteiger partial charge in [0.1, 0.15) is 5.82 Å². The van der Waals surface area contributed by atoms with Gasteiger partial charge < -0.3 is 10.6 Å². The van der Waals surface area contributed by atoms with E-state index in [0.29, 0.717) is 17.9 Å². The number of nitrogens with zero attached hydrogens (tertiary/aromatic N) is 2. The Labute approximate surface area is 154 Å². The first kappa shape index (κ1) is 17.1. The molecular formula is C19H17BrN4O. The predicted octanol–water partition coefficient (Wildman–Crippen LogP) is 4.41. The predicted molar refractivity (Wildman–Crippen MR) is 103 cm³/mol. The van der Waals surface area contributed by atoms with Crippen LogP contribution in [0.25, 0.3) is 0 Å². The Morgan fingerprint density at radius 2 is 2.00 bits per heavy atom. The largest absolute Gasteiger partial charge is 0.364 e. The lowest BCUT2D eigenvalue weighted by Crippen LogP contribution is -2.13. The van der Waals surface area contributed by atoms with Crippen LogP contribution in [0.2, 0.25) is 0 Å². The van der Waals surface area contributed by atoms with Gasteiger partial charge in [0.25, 0.3) is 5.91 Å². The Morgan fingerprint density at radius 3 is 2.68 bits per heavy atom. The summed E-state index contributed by atoms with van der Waals surface area (Å²) in [5.74, 6) is 0.493. The van der Waals surface area contributed by atoms with Gasteiger partial charge in [-0.2, -0.15) is 0 Å². The molecule has 0 saturated carbocycles. The molecule has 3 rings (SSSR count). The van der Waals surface area contributed by atoms with Crippen molar-refractivity contribution in [1.82, 2.24) is 9.97 Å². The zero-order valence-corrected chi connectivity index (χ0v) is 15.2. The molecule has 2 N–H and O–H groups in total. The van der Waals surface area contributed by atoms with E-state index < -0.39 is 0 Å². The van der Waals surface area contributed by atoms with Crippen molar-refractivity contribution in [3.05, 3.63) is 82.2 Å². The Hall–Kier alpha value is -2.73. The Morgan fingerprint density at radius 1 is 1.12 bits per heavy atom. The lowest BCUT2D eigenvalue weighted by Gasteiger charge is -2.09. The summed E-state index contributed by atoms with van der Waals surface area (Å²) in [6.45, 7) is 2.58. The number of benzene rings is 1. The van der Waals surface area contributed by atoms with Crippen LogP contribution in [0.4, 0.5) is 11.5 Å². The van der Waals surface area contributed by atoms with Gasteiger partial charge in [-0.3, -0.25) is 9.78 Å². The van der Waals surface area contributed by atoms with Gasteiger partial charge in [0.2, 0.25) is 0 Å². The zero-order chi connectivity index (χ0) is 17.6. The second-order valence-corrected chi connectivity index (χ2v) is 6.40. The number of anilines is 2. The summed E-state index contributed by atoms with van der Waals surface area (Å²) in [4.78, 5) is 20.9. The van der Waals surface area contributed by atoms with E-state index in [1.807, 2.05) is 43.3 Å². The summed E-state index contributed by atoms with van der Waals surface area (Å²) in [7, 11) is 0. The van der Waals surface area contributed by atoms with Crippen LogP contribution in [0.5, 0.6) is 0 Å². The molecule has 6 heteroatoms. The number of amides is 1. The van der Waals surface area contributed by atoms with E-state index in [9.17, 15) is 4.79 Å². The van der Waals surface area contributed by atoms with E-state index >= 15 is 0 Å². The van der Waals surface area contributed by atoms with Gasteiger partial charge >= 0.3 is 0 Å². The van der Waals surface area contributed by atoms with Crippen LogP contribution < -0.4 is 10.6 Å². The molecule has 25 heavy (non-hydrogen) atoms. The number of halogens is 1. The van der Waals surface area contributed by atoms with Gasteiger partial charge in [0.15, 0.2) is 0 Å². The average Bonchev–Trinajstić information content (AvgIpc) is 2.63. The summed E-state index contributed by atoms with van der Waals surface area (Å²) in [6, 6.07) is 15.0. The minimum absolute atomic E-state index is 0.201. The van der Waals surface area contributed by atoms with E-state index in [4.69, 9.17) is 0 Å². The number of rotatable bonds is 5. The lowest BCUT2D eigenvalue weighted by atomic mass is 10.2. The van der Waals surface area contributed by atoms with Crippen molar-refractivity contribution in [2.45, 2.75) is 13.5 Å². The van der Waals surface area contributed by atoms with E-state index in [1.54, 1.807) is 24.5 Å². The van der Waals surface area contributed by atoms with Crippen LogP contribution in [-0.2, 0) is 6.54 Å². The van der Waals surface area contributed by atoms with Crippen molar-refractivity contribution in [3.8, 4) is 0 Å². The minimum Gasteiger partial charge on any atom is -0.364 e. The molecular weight excluding hydrogens is 380 g/mol. The zero-order valence-electron chi connectivity index (χ0n) is 13.7. The smallest absolute Gasteiger partial charge is 0.257 e. The van der Waals surface area contributed by atoms with Gasteiger partial charge in [-0.1, -0.05) is 12.1 Å². The second kappa shape index (κ2) is 7.90. The van der Waals surface area contributed by atoms with Gasteiger partial charge in [0.05, 0.1) is 23.5 Å². The molecule has 3 aromatic rings. The lowest BCUT2D eigenvalue weighted by molar-refractivity contribution is 0.102. The van der Waals surface area contributed by atoms with Crippen molar-refractivity contribution >= 4 is 33.3 Å². The third-order valence-electron chi connectivity index (χ3n) is 3.58. The van der Waals surface area contributed by atoms with Gasteiger partial charge in [-0.15, -0.1) is 0 Å². The third kappa shape index (κ3) is 4.64. The quantitative estimate of drug-likeness (QED) is 0.669. The molecule has 0 spiro atoms. The molecule has 2 heterocycles. The van der Waals surface area contributed by atoms with Gasteiger partial charge in [-0.25, -0.2) is 4.98 Å². The van der Waals surface area contributed by atoms with Gasteiger partial charge in [-0.05, 0) is 64.8 Å². The van der Waals surface area contributed by atoms with Crippen LogP contribution in [-0.4, -0.2) is 15.9 Å². The van der Waals surface area contributed by atoms with E-state index in [1.165, 1.54) is 0 Å². The fourth-order valence-electron chi connectivity index (χ4n) is 2.23. The molecule has 2 aromatic heterocycles. The summed E-state index contributed by atoms with van der Waals surface area (Å²) >= 11 is 3.46. The minimum atomic E-state index is -0.201. The number of carbonyl (C=O) groups excluding carboxylic acids is 1. The standard InChI is InChI=1S/C19H17BrN4O/c1-13-5-7-17(16(20)10-13)24-19(25)14-6-8-18(22-11-14)23-12-15-4-2-3-9-21-15/h2-11H,12H2,1H3,(H,22,23)(H,24,25). The first-order chi connectivity index (χ1) is 12.1. The highest BCUT2D eigenvalue weighted by Crippen LogP contribution is 2.24. The first-order valence-corrected chi connectivity index (χ1v) is 8.58. The van der Waals surface area contributed by atoms with E-state index in [0.717, 1.165) is 21.4 Å². The monoisotopic (exact) mass is 396 g/mol. The number of hydrogen-bond donors (Lipinski definition) is 2. The fourth-order valence-corrected chi connectivity index (χ4v) is 2.82. The molecule has 1 aromatic carbocycles. The van der Waals surface area contributed by atoms with Crippen molar-refractivity contribution in [1.29, 1.82) is 0 Å². The maximum absolute atomic E-state index is 12.3. The van der Waals surface area contributed by atoms with Crippen LogP contribution in [0.1, 0.15) is 21.6 Å². The number of hydrogen-bond acceptors (Lipinski definition) is 4. The maximum Gasteiger partial charge on any atom is 0.257 e. The number of carbonyl (C=O) groups is 1. The van der Waals surface area contributed by atoms with Crippen molar-refractivity contribution < 1.29 is 4.79 Å². The fraction of sp³-hybridized carbons (Fsp3) is 0.105. The second-order valence-electron chi connectivity index (χ2n) is 5.54. The number of aromatic nitrogens is 2. The molecule has 0 aliphatic carbocycles. The molecule has 0 saturated heterocycles. The Bertz CT molecular complexity index is 866. The number of pyridine rings is 2. The summed E-state index contributed by atoms with van der Waals surface area (Å²) in [5, 5.41) is 6.05. The van der Waals surface area contributed by atoms with Crippen molar-refractivity contribution in [2.75, 3.05) is 10.6 Å². The molecule has 5 nitrogen and oxygen atoms in total. The molecule has 0 fully saturated rings. The SMILES string of the molecule is Cc1ccc(NC(=O)c2ccc(NCc3ccccn3)nc2)c(Br)c1. The van der Waals surface area contributed by atoms with Crippen LogP contribution >= 0.6 is 15.9 Å². The number of nitrogens with one attached hydrogen (secondary N) is 2. The van der Waals surface area contributed by atoms with Gasteiger partial charge in [0, 0.05) is 16.9 Å². The molecule has 0 radical (unpaired) electrons. The molecule has 0 unspecified atom stereocenters. The summed E-state index contributed by atoms with van der Waals surface area (Å²) < 4.78 is 0.849.